The van der Waals surface area contributed by atoms with E-state index in [2.05, 4.69) is 13.8 Å². The Morgan fingerprint density at radius 2 is 1.62 bits per heavy atom. The molecule has 0 aliphatic rings. The van der Waals surface area contributed by atoms with Crippen molar-refractivity contribution in [2.45, 2.75) is 34.1 Å². The Hall–Kier alpha value is -2.95. The maximum Gasteiger partial charge on any atom is 0.204 e. The second-order valence-corrected chi connectivity index (χ2v) is 5.25. The average molecular weight is 358 g/mol. The fraction of sp³-hybridized carbons (Fsp3) is 0.286. The van der Waals surface area contributed by atoms with Crippen LogP contribution in [-0.2, 0) is 0 Å². The highest BCUT2D eigenvalue weighted by Gasteiger charge is 2.13. The van der Waals surface area contributed by atoms with Gasteiger partial charge in [-0.15, -0.1) is 0 Å². The molecule has 1 aromatic heterocycles. The summed E-state index contributed by atoms with van der Waals surface area (Å²) in [5.41, 5.74) is 0.749. The maximum atomic E-state index is 12.5. The van der Waals surface area contributed by atoms with Crippen molar-refractivity contribution in [3.8, 4) is 28.4 Å². The third-order valence-electron chi connectivity index (χ3n) is 3.24. The van der Waals surface area contributed by atoms with E-state index in [0.29, 0.717) is 16.9 Å². The Labute approximate surface area is 153 Å². The van der Waals surface area contributed by atoms with Crippen LogP contribution in [0.5, 0.6) is 17.2 Å². The van der Waals surface area contributed by atoms with Crippen LogP contribution in [-0.4, -0.2) is 17.3 Å². The van der Waals surface area contributed by atoms with Gasteiger partial charge in [0.2, 0.25) is 5.43 Å². The van der Waals surface area contributed by atoms with E-state index in [0.717, 1.165) is 6.07 Å². The molecule has 0 bridgehead atoms. The number of phenolic OH excluding ortho intramolecular Hbond substituents is 2. The monoisotopic (exact) mass is 358 g/mol. The third kappa shape index (κ3) is 4.79. The highest BCUT2D eigenvalue weighted by Crippen LogP contribution is 2.29. The first-order valence-corrected chi connectivity index (χ1v) is 8.63. The summed E-state index contributed by atoms with van der Waals surface area (Å²) in [5, 5.41) is 19.3. The SMILES string of the molecule is CC.CCC.COc1ccc(-c2coc3cc(O)cc(O)c3c2=O)cc1. The zero-order chi connectivity index (χ0) is 19.7. The van der Waals surface area contributed by atoms with Crippen LogP contribution in [0.25, 0.3) is 22.1 Å². The van der Waals surface area contributed by atoms with Crippen molar-refractivity contribution >= 4 is 11.0 Å². The van der Waals surface area contributed by atoms with Crippen molar-refractivity contribution in [2.24, 2.45) is 0 Å². The lowest BCUT2D eigenvalue weighted by Gasteiger charge is -2.05. The van der Waals surface area contributed by atoms with Gasteiger partial charge < -0.3 is 19.4 Å². The van der Waals surface area contributed by atoms with Crippen molar-refractivity contribution in [2.75, 3.05) is 7.11 Å². The third-order valence-corrected chi connectivity index (χ3v) is 3.24. The van der Waals surface area contributed by atoms with Gasteiger partial charge in [0.15, 0.2) is 0 Å². The highest BCUT2D eigenvalue weighted by molar-refractivity contribution is 5.87. The van der Waals surface area contributed by atoms with Gasteiger partial charge in [-0.3, -0.25) is 4.79 Å². The van der Waals surface area contributed by atoms with Crippen molar-refractivity contribution < 1.29 is 19.4 Å². The molecule has 5 heteroatoms. The van der Waals surface area contributed by atoms with Gasteiger partial charge >= 0.3 is 0 Å². The minimum absolute atomic E-state index is 0.0427. The maximum absolute atomic E-state index is 12.5. The summed E-state index contributed by atoms with van der Waals surface area (Å²) in [4.78, 5) is 12.5. The minimum Gasteiger partial charge on any atom is -0.508 e. The van der Waals surface area contributed by atoms with Gasteiger partial charge in [-0.05, 0) is 17.7 Å². The predicted molar refractivity (Wildman–Crippen MR) is 105 cm³/mol. The van der Waals surface area contributed by atoms with Gasteiger partial charge in [0, 0.05) is 12.1 Å². The molecule has 2 aromatic carbocycles. The van der Waals surface area contributed by atoms with Gasteiger partial charge in [-0.2, -0.15) is 0 Å². The van der Waals surface area contributed by atoms with Gasteiger partial charge in [-0.25, -0.2) is 0 Å². The van der Waals surface area contributed by atoms with Crippen LogP contribution >= 0.6 is 0 Å². The minimum atomic E-state index is -0.362. The van der Waals surface area contributed by atoms with Crippen LogP contribution in [0.3, 0.4) is 0 Å². The van der Waals surface area contributed by atoms with Crippen LogP contribution in [0.15, 0.2) is 51.9 Å². The summed E-state index contributed by atoms with van der Waals surface area (Å²) < 4.78 is 10.4. The molecule has 140 valence electrons. The second kappa shape index (κ2) is 10.1. The summed E-state index contributed by atoms with van der Waals surface area (Å²) in [7, 11) is 1.56. The average Bonchev–Trinajstić information content (AvgIpc) is 2.64. The molecule has 5 nitrogen and oxygen atoms in total. The van der Waals surface area contributed by atoms with Crippen LogP contribution in [0.2, 0.25) is 0 Å². The van der Waals surface area contributed by atoms with Crippen LogP contribution in [0, 0.1) is 0 Å². The number of rotatable bonds is 2. The topological polar surface area (TPSA) is 79.9 Å². The first-order chi connectivity index (χ1) is 12.5. The lowest BCUT2D eigenvalue weighted by atomic mass is 10.0. The molecule has 0 saturated heterocycles. The molecular weight excluding hydrogens is 332 g/mol. The molecule has 0 atom stereocenters. The summed E-state index contributed by atoms with van der Waals surface area (Å²) >= 11 is 0. The number of fused-ring (bicyclic) bond motifs is 1. The summed E-state index contributed by atoms with van der Waals surface area (Å²) in [5.74, 6) is 0.200. The van der Waals surface area contributed by atoms with Crippen LogP contribution in [0.4, 0.5) is 0 Å². The second-order valence-electron chi connectivity index (χ2n) is 5.25. The van der Waals surface area contributed by atoms with E-state index in [1.165, 1.54) is 18.8 Å². The van der Waals surface area contributed by atoms with E-state index < -0.39 is 0 Å². The van der Waals surface area contributed by atoms with Crippen molar-refractivity contribution in [1.82, 2.24) is 0 Å². The molecule has 0 radical (unpaired) electrons. The Bertz CT molecular complexity index is 879. The lowest BCUT2D eigenvalue weighted by molar-refractivity contribution is 0.415. The van der Waals surface area contributed by atoms with Gasteiger partial charge in [0.05, 0.1) is 12.7 Å². The predicted octanol–water partition coefficient (Wildman–Crippen LogP) is 5.32. The standard InChI is InChI=1S/C16H12O5.C3H8.C2H6/c1-20-11-4-2-9(3-5-11)12-8-21-14-7-10(17)6-13(18)15(14)16(12)19;1-3-2;1-2/h2-8,17-18H,1H3;3H2,1-2H3;1-2H3. The van der Waals surface area contributed by atoms with E-state index >= 15 is 0 Å². The molecule has 0 amide bonds. The smallest absolute Gasteiger partial charge is 0.204 e. The Balaban J connectivity index is 0.000000615. The highest BCUT2D eigenvalue weighted by atomic mass is 16.5. The first kappa shape index (κ1) is 21.1. The number of hydrogen-bond acceptors (Lipinski definition) is 5. The molecule has 3 rings (SSSR count). The Morgan fingerprint density at radius 1 is 1.04 bits per heavy atom. The molecule has 2 N–H and O–H groups in total. The molecule has 26 heavy (non-hydrogen) atoms. The molecule has 3 aromatic rings. The van der Waals surface area contributed by atoms with Gasteiger partial charge in [0.1, 0.15) is 34.5 Å². The van der Waals surface area contributed by atoms with E-state index in [-0.39, 0.29) is 27.9 Å². The Morgan fingerprint density at radius 3 is 2.15 bits per heavy atom. The molecule has 0 aliphatic carbocycles. The van der Waals surface area contributed by atoms with E-state index in [9.17, 15) is 15.0 Å². The molecule has 0 saturated carbocycles. The van der Waals surface area contributed by atoms with Gasteiger partial charge in [-0.1, -0.05) is 46.2 Å². The van der Waals surface area contributed by atoms with Crippen molar-refractivity contribution in [1.29, 1.82) is 0 Å². The van der Waals surface area contributed by atoms with Crippen LogP contribution < -0.4 is 10.2 Å². The van der Waals surface area contributed by atoms with Gasteiger partial charge in [0.25, 0.3) is 0 Å². The summed E-state index contributed by atoms with van der Waals surface area (Å²) in [6.45, 7) is 8.25. The largest absolute Gasteiger partial charge is 0.508 e. The number of methoxy groups -OCH3 is 1. The van der Waals surface area contributed by atoms with Crippen LogP contribution in [0.1, 0.15) is 34.1 Å². The molecule has 0 unspecified atom stereocenters. The lowest BCUT2D eigenvalue weighted by Crippen LogP contribution is -2.05. The van der Waals surface area contributed by atoms with Crippen molar-refractivity contribution in [3.63, 3.8) is 0 Å². The number of phenols is 2. The quantitative estimate of drug-likeness (QED) is 0.648. The molecule has 0 fully saturated rings. The summed E-state index contributed by atoms with van der Waals surface area (Å²) in [6.07, 6.45) is 2.56. The van der Waals surface area contributed by atoms with E-state index in [1.807, 2.05) is 13.8 Å². The number of benzene rings is 2. The molecule has 1 heterocycles. The number of aromatic hydroxyl groups is 2. The normalized spacial score (nSPS) is 9.58. The Kier molecular flexibility index (Phi) is 8.22. The van der Waals surface area contributed by atoms with E-state index in [4.69, 9.17) is 9.15 Å². The zero-order valence-corrected chi connectivity index (χ0v) is 15.9. The zero-order valence-electron chi connectivity index (χ0n) is 15.9. The fourth-order valence-corrected chi connectivity index (χ4v) is 2.19. The summed E-state index contributed by atoms with van der Waals surface area (Å²) in [6, 6.07) is 9.32. The van der Waals surface area contributed by atoms with Crippen molar-refractivity contribution in [3.05, 3.63) is 52.9 Å². The fourth-order valence-electron chi connectivity index (χ4n) is 2.19. The first-order valence-electron chi connectivity index (χ1n) is 8.63. The molecule has 0 aliphatic heterocycles. The van der Waals surface area contributed by atoms with E-state index in [1.54, 1.807) is 31.4 Å². The number of hydrogen-bond donors (Lipinski definition) is 2. The molecular formula is C21H26O5. The molecule has 0 spiro atoms. The number of ether oxygens (including phenoxy) is 1.